The molecule has 0 unspecified atom stereocenters. The smallest absolute Gasteiger partial charge is 0.410 e. The van der Waals surface area contributed by atoms with E-state index in [1.54, 1.807) is 57.2 Å². The highest BCUT2D eigenvalue weighted by atomic mass is 16.6. The second kappa shape index (κ2) is 10.1. The number of pyridine rings is 1. The lowest BCUT2D eigenvalue weighted by atomic mass is 10.0. The maximum absolute atomic E-state index is 12.5. The van der Waals surface area contributed by atoms with E-state index in [-0.39, 0.29) is 24.6 Å². The van der Waals surface area contributed by atoms with Crippen molar-refractivity contribution < 1.29 is 29.3 Å². The average molecular weight is 450 g/mol. The first-order chi connectivity index (χ1) is 15.7. The molecule has 3 rings (SSSR count). The summed E-state index contributed by atoms with van der Waals surface area (Å²) in [5.74, 6) is -2.44. The fraction of sp³-hybridized carbons (Fsp3) is 0.280. The zero-order valence-electron chi connectivity index (χ0n) is 18.7. The third-order valence-electron chi connectivity index (χ3n) is 5.26. The summed E-state index contributed by atoms with van der Waals surface area (Å²) in [5, 5.41) is 19.9. The lowest BCUT2D eigenvalue weighted by Crippen LogP contribution is -2.47. The number of carbonyl (C=O) groups is 3. The molecule has 0 bridgehead atoms. The molecular formula is C25H26N2O6. The normalized spacial score (nSPS) is 11.9. The van der Waals surface area contributed by atoms with Crippen molar-refractivity contribution >= 4 is 28.9 Å². The molecule has 2 aromatic carbocycles. The minimum atomic E-state index is -1.10. The molecule has 0 fully saturated rings. The number of hydrogen-bond acceptors (Lipinski definition) is 5. The lowest BCUT2D eigenvalue weighted by molar-refractivity contribution is -0.144. The second-order valence-corrected chi connectivity index (χ2v) is 7.93. The van der Waals surface area contributed by atoms with Crippen LogP contribution in [0.4, 0.5) is 4.79 Å². The molecular weight excluding hydrogens is 424 g/mol. The summed E-state index contributed by atoms with van der Waals surface area (Å²) in [7, 11) is 0. The monoisotopic (exact) mass is 450 g/mol. The Balaban J connectivity index is 1.96. The molecule has 1 aromatic heterocycles. The van der Waals surface area contributed by atoms with Crippen LogP contribution >= 0.6 is 0 Å². The van der Waals surface area contributed by atoms with Gasteiger partial charge in [-0.25, -0.2) is 19.4 Å². The molecule has 8 heteroatoms. The van der Waals surface area contributed by atoms with Crippen molar-refractivity contribution in [2.24, 2.45) is 5.92 Å². The van der Waals surface area contributed by atoms with E-state index in [2.05, 4.69) is 4.98 Å². The molecule has 33 heavy (non-hydrogen) atoms. The van der Waals surface area contributed by atoms with Crippen LogP contribution in [0.15, 0.2) is 54.6 Å². The molecule has 0 aliphatic rings. The molecule has 0 aliphatic heterocycles. The summed E-state index contributed by atoms with van der Waals surface area (Å²) in [6.45, 7) is 5.36. The first-order valence-corrected chi connectivity index (χ1v) is 10.6. The first-order valence-electron chi connectivity index (χ1n) is 10.6. The van der Waals surface area contributed by atoms with Gasteiger partial charge in [-0.2, -0.15) is 0 Å². The Morgan fingerprint density at radius 2 is 1.76 bits per heavy atom. The van der Waals surface area contributed by atoms with Crippen LogP contribution in [0.25, 0.3) is 22.2 Å². The van der Waals surface area contributed by atoms with Crippen LogP contribution in [0.5, 0.6) is 0 Å². The number of nitrogens with zero attached hydrogens (tertiary/aromatic N) is 2. The molecule has 0 radical (unpaired) electrons. The van der Waals surface area contributed by atoms with E-state index in [4.69, 9.17) is 4.74 Å². The van der Waals surface area contributed by atoms with Gasteiger partial charge in [-0.05, 0) is 42.7 Å². The summed E-state index contributed by atoms with van der Waals surface area (Å²) < 4.78 is 5.10. The van der Waals surface area contributed by atoms with Gasteiger partial charge >= 0.3 is 18.0 Å². The van der Waals surface area contributed by atoms with Crippen LogP contribution in [0.1, 0.15) is 36.7 Å². The number of rotatable bonds is 8. The fourth-order valence-corrected chi connectivity index (χ4v) is 3.77. The Kier molecular flexibility index (Phi) is 7.27. The summed E-state index contributed by atoms with van der Waals surface area (Å²) in [6, 6.07) is 14.6. The number of carbonyl (C=O) groups excluding carboxylic acids is 1. The molecule has 3 aromatic rings. The third-order valence-corrected chi connectivity index (χ3v) is 5.26. The topological polar surface area (TPSA) is 117 Å². The van der Waals surface area contributed by atoms with Crippen LogP contribution < -0.4 is 0 Å². The van der Waals surface area contributed by atoms with Crippen LogP contribution in [0.3, 0.4) is 0 Å². The number of benzene rings is 2. The maximum Gasteiger partial charge on any atom is 0.410 e. The summed E-state index contributed by atoms with van der Waals surface area (Å²) in [4.78, 5) is 41.7. The van der Waals surface area contributed by atoms with E-state index in [9.17, 15) is 24.6 Å². The fourth-order valence-electron chi connectivity index (χ4n) is 3.77. The van der Waals surface area contributed by atoms with Crippen LogP contribution in [0, 0.1) is 5.92 Å². The molecule has 0 saturated heterocycles. The van der Waals surface area contributed by atoms with Gasteiger partial charge in [0.1, 0.15) is 6.04 Å². The second-order valence-electron chi connectivity index (χ2n) is 7.93. The van der Waals surface area contributed by atoms with E-state index >= 15 is 0 Å². The highest BCUT2D eigenvalue weighted by molar-refractivity contribution is 5.96. The van der Waals surface area contributed by atoms with Gasteiger partial charge in [0.25, 0.3) is 0 Å². The zero-order valence-corrected chi connectivity index (χ0v) is 18.7. The van der Waals surface area contributed by atoms with Gasteiger partial charge < -0.3 is 14.9 Å². The number of carboxylic acids is 2. The number of aliphatic carboxylic acids is 1. The maximum atomic E-state index is 12.5. The Labute approximate surface area is 191 Å². The predicted octanol–water partition coefficient (Wildman–Crippen LogP) is 4.67. The van der Waals surface area contributed by atoms with Crippen molar-refractivity contribution in [2.45, 2.75) is 33.4 Å². The van der Waals surface area contributed by atoms with Gasteiger partial charge in [0.05, 0.1) is 23.4 Å². The lowest BCUT2D eigenvalue weighted by Gasteiger charge is -2.30. The van der Waals surface area contributed by atoms with Crippen molar-refractivity contribution in [1.29, 1.82) is 0 Å². The van der Waals surface area contributed by atoms with Gasteiger partial charge in [-0.15, -0.1) is 0 Å². The molecule has 172 valence electrons. The van der Waals surface area contributed by atoms with Crippen molar-refractivity contribution in [3.8, 4) is 11.3 Å². The van der Waals surface area contributed by atoms with Gasteiger partial charge in [0.2, 0.25) is 0 Å². The number of aromatic carboxylic acids is 1. The average Bonchev–Trinajstić information content (AvgIpc) is 2.77. The Morgan fingerprint density at radius 3 is 2.39 bits per heavy atom. The van der Waals surface area contributed by atoms with Crippen molar-refractivity contribution in [3.05, 3.63) is 65.7 Å². The minimum absolute atomic E-state index is 0.0630. The van der Waals surface area contributed by atoms with Crippen LogP contribution in [-0.2, 0) is 16.1 Å². The highest BCUT2D eigenvalue weighted by Crippen LogP contribution is 2.26. The van der Waals surface area contributed by atoms with Crippen molar-refractivity contribution in [2.75, 3.05) is 6.61 Å². The molecule has 8 nitrogen and oxygen atoms in total. The third kappa shape index (κ3) is 5.28. The molecule has 1 heterocycles. The number of ether oxygens (including phenoxy) is 1. The number of fused-ring (bicyclic) bond motifs is 1. The quantitative estimate of drug-likeness (QED) is 0.512. The predicted molar refractivity (Wildman–Crippen MR) is 123 cm³/mol. The summed E-state index contributed by atoms with van der Waals surface area (Å²) in [5.41, 5.74) is 2.60. The van der Waals surface area contributed by atoms with Crippen LogP contribution in [0.2, 0.25) is 0 Å². The number of carboxylic acid groups (broad SMARTS) is 2. The Morgan fingerprint density at radius 1 is 1.03 bits per heavy atom. The van der Waals surface area contributed by atoms with Crippen molar-refractivity contribution in [1.82, 2.24) is 9.88 Å². The van der Waals surface area contributed by atoms with E-state index in [0.29, 0.717) is 16.8 Å². The van der Waals surface area contributed by atoms with Gasteiger partial charge in [-0.1, -0.05) is 44.2 Å². The van der Waals surface area contributed by atoms with E-state index in [1.165, 1.54) is 11.0 Å². The van der Waals surface area contributed by atoms with Gasteiger partial charge in [0, 0.05) is 17.5 Å². The zero-order chi connectivity index (χ0) is 24.1. The molecule has 1 atom stereocenters. The van der Waals surface area contributed by atoms with Gasteiger partial charge in [0.15, 0.2) is 0 Å². The van der Waals surface area contributed by atoms with Gasteiger partial charge in [-0.3, -0.25) is 4.90 Å². The summed E-state index contributed by atoms with van der Waals surface area (Å²) >= 11 is 0. The number of aromatic nitrogens is 1. The first kappa shape index (κ1) is 23.7. The highest BCUT2D eigenvalue weighted by Gasteiger charge is 2.33. The van der Waals surface area contributed by atoms with E-state index in [0.717, 1.165) is 10.9 Å². The van der Waals surface area contributed by atoms with E-state index in [1.807, 2.05) is 12.1 Å². The van der Waals surface area contributed by atoms with Crippen LogP contribution in [-0.4, -0.2) is 50.8 Å². The molecule has 0 spiro atoms. The largest absolute Gasteiger partial charge is 0.480 e. The summed E-state index contributed by atoms with van der Waals surface area (Å²) in [6.07, 6.45) is -0.683. The molecule has 0 saturated carbocycles. The van der Waals surface area contributed by atoms with Crippen molar-refractivity contribution in [3.63, 3.8) is 0 Å². The molecule has 2 N–H and O–H groups in total. The standard InChI is InChI=1S/C25H26N2O6/c1-4-33-25(32)27(22(15(2)3)24(30)31)14-16-9-11-20-17(13-16)10-12-21(26-20)18-7-5-6-8-19(18)23(28)29/h5-13,15,22H,4,14H2,1-3H3,(H,28,29)(H,30,31)/t22-/m0/s1. The number of hydrogen-bond donors (Lipinski definition) is 2. The molecule has 1 amide bonds. The number of amides is 1. The Hall–Kier alpha value is -3.94. The van der Waals surface area contributed by atoms with E-state index < -0.39 is 24.1 Å². The SMILES string of the molecule is CCOC(=O)N(Cc1ccc2nc(-c3ccccc3C(=O)O)ccc2c1)[C@H](C(=O)O)C(C)C. The minimum Gasteiger partial charge on any atom is -0.480 e. The molecule has 0 aliphatic carbocycles. The Bertz CT molecular complexity index is 1190.